The van der Waals surface area contributed by atoms with Gasteiger partial charge in [0.05, 0.1) is 6.61 Å². The fourth-order valence-electron chi connectivity index (χ4n) is 2.02. The third kappa shape index (κ3) is 3.15. The van der Waals surface area contributed by atoms with Crippen molar-refractivity contribution in [1.82, 2.24) is 0 Å². The van der Waals surface area contributed by atoms with Gasteiger partial charge in [-0.05, 0) is 36.6 Å². The van der Waals surface area contributed by atoms with Gasteiger partial charge in [0.25, 0.3) is 0 Å². The van der Waals surface area contributed by atoms with Crippen LogP contribution in [0.25, 0.3) is 0 Å². The highest BCUT2D eigenvalue weighted by molar-refractivity contribution is 5.37. The first-order chi connectivity index (χ1) is 9.14. The first-order valence-corrected chi connectivity index (χ1v) is 6.66. The summed E-state index contributed by atoms with van der Waals surface area (Å²) in [6.07, 6.45) is 0.990. The first-order valence-electron chi connectivity index (χ1n) is 6.66. The van der Waals surface area contributed by atoms with Crippen LogP contribution in [-0.4, -0.2) is 11.7 Å². The van der Waals surface area contributed by atoms with Crippen molar-refractivity contribution >= 4 is 0 Å². The van der Waals surface area contributed by atoms with Crippen LogP contribution in [0, 0.1) is 0 Å². The fraction of sp³-hybridized carbons (Fsp3) is 0.294. The standard InChI is InChI=1S/C17H20O2/c1-3-13-19-16-11-9-15(10-12-16)17(2,18)14-7-5-4-6-8-14/h4-12,18H,3,13H2,1-2H3. The fourth-order valence-corrected chi connectivity index (χ4v) is 2.02. The lowest BCUT2D eigenvalue weighted by atomic mass is 9.88. The second-order valence-corrected chi connectivity index (χ2v) is 4.81. The lowest BCUT2D eigenvalue weighted by Gasteiger charge is -2.24. The van der Waals surface area contributed by atoms with E-state index in [0.29, 0.717) is 6.61 Å². The van der Waals surface area contributed by atoms with Crippen LogP contribution in [0.5, 0.6) is 5.75 Å². The summed E-state index contributed by atoms with van der Waals surface area (Å²) in [5.74, 6) is 0.842. The number of aliphatic hydroxyl groups is 1. The Morgan fingerprint density at radius 3 is 2.11 bits per heavy atom. The summed E-state index contributed by atoms with van der Waals surface area (Å²) in [5.41, 5.74) is 0.768. The van der Waals surface area contributed by atoms with Crippen molar-refractivity contribution in [2.24, 2.45) is 0 Å². The van der Waals surface area contributed by atoms with Gasteiger partial charge in [-0.1, -0.05) is 49.4 Å². The summed E-state index contributed by atoms with van der Waals surface area (Å²) in [6, 6.07) is 17.3. The summed E-state index contributed by atoms with van der Waals surface area (Å²) in [4.78, 5) is 0. The molecular formula is C17H20O2. The van der Waals surface area contributed by atoms with E-state index < -0.39 is 5.60 Å². The van der Waals surface area contributed by atoms with Crippen LogP contribution in [0.1, 0.15) is 31.4 Å². The highest BCUT2D eigenvalue weighted by Crippen LogP contribution is 2.29. The molecule has 19 heavy (non-hydrogen) atoms. The third-order valence-electron chi connectivity index (χ3n) is 3.23. The zero-order valence-corrected chi connectivity index (χ0v) is 11.5. The maximum absolute atomic E-state index is 10.7. The van der Waals surface area contributed by atoms with Gasteiger partial charge < -0.3 is 9.84 Å². The van der Waals surface area contributed by atoms with Crippen molar-refractivity contribution in [2.45, 2.75) is 25.9 Å². The molecule has 2 nitrogen and oxygen atoms in total. The van der Waals surface area contributed by atoms with E-state index in [2.05, 4.69) is 6.92 Å². The van der Waals surface area contributed by atoms with Crippen molar-refractivity contribution in [1.29, 1.82) is 0 Å². The lowest BCUT2D eigenvalue weighted by Crippen LogP contribution is -2.22. The lowest BCUT2D eigenvalue weighted by molar-refractivity contribution is 0.102. The van der Waals surface area contributed by atoms with Gasteiger partial charge in [0, 0.05) is 0 Å². The van der Waals surface area contributed by atoms with Crippen LogP contribution < -0.4 is 4.74 Å². The predicted octanol–water partition coefficient (Wildman–Crippen LogP) is 3.73. The molecule has 0 radical (unpaired) electrons. The molecule has 1 N–H and O–H groups in total. The van der Waals surface area contributed by atoms with Gasteiger partial charge in [-0.15, -0.1) is 0 Å². The monoisotopic (exact) mass is 256 g/mol. The molecule has 0 bridgehead atoms. The second-order valence-electron chi connectivity index (χ2n) is 4.81. The normalized spacial score (nSPS) is 13.8. The molecule has 0 spiro atoms. The van der Waals surface area contributed by atoms with E-state index in [1.165, 1.54) is 0 Å². The van der Waals surface area contributed by atoms with Gasteiger partial charge in [-0.3, -0.25) is 0 Å². The van der Waals surface area contributed by atoms with Gasteiger partial charge in [0.15, 0.2) is 0 Å². The molecule has 0 aliphatic rings. The van der Waals surface area contributed by atoms with Gasteiger partial charge in [0.1, 0.15) is 11.4 Å². The zero-order chi connectivity index (χ0) is 13.7. The molecule has 2 rings (SSSR count). The van der Waals surface area contributed by atoms with Crippen molar-refractivity contribution in [3.63, 3.8) is 0 Å². The number of hydrogen-bond donors (Lipinski definition) is 1. The largest absolute Gasteiger partial charge is 0.494 e. The number of hydrogen-bond acceptors (Lipinski definition) is 2. The highest BCUT2D eigenvalue weighted by atomic mass is 16.5. The third-order valence-corrected chi connectivity index (χ3v) is 3.23. The SMILES string of the molecule is CCCOc1ccc(C(C)(O)c2ccccc2)cc1. The Bertz CT molecular complexity index is 501. The quantitative estimate of drug-likeness (QED) is 0.883. The molecule has 1 atom stereocenters. The number of rotatable bonds is 5. The summed E-state index contributed by atoms with van der Waals surface area (Å²) in [6.45, 7) is 4.60. The molecular weight excluding hydrogens is 236 g/mol. The van der Waals surface area contributed by atoms with Gasteiger partial charge in [-0.25, -0.2) is 0 Å². The molecule has 0 amide bonds. The van der Waals surface area contributed by atoms with E-state index in [-0.39, 0.29) is 0 Å². The Kier molecular flexibility index (Phi) is 4.23. The van der Waals surface area contributed by atoms with Crippen molar-refractivity contribution < 1.29 is 9.84 Å². The van der Waals surface area contributed by atoms with Crippen LogP contribution >= 0.6 is 0 Å². The molecule has 0 aliphatic carbocycles. The van der Waals surface area contributed by atoms with Crippen molar-refractivity contribution in [3.8, 4) is 5.75 Å². The summed E-state index contributed by atoms with van der Waals surface area (Å²) < 4.78 is 5.55. The maximum Gasteiger partial charge on any atom is 0.119 e. The first kappa shape index (κ1) is 13.6. The molecule has 0 saturated heterocycles. The summed E-state index contributed by atoms with van der Waals surface area (Å²) >= 11 is 0. The Balaban J connectivity index is 2.21. The Morgan fingerprint density at radius 1 is 0.947 bits per heavy atom. The molecule has 0 heterocycles. The average molecular weight is 256 g/mol. The molecule has 0 aromatic heterocycles. The van der Waals surface area contributed by atoms with E-state index in [0.717, 1.165) is 23.3 Å². The van der Waals surface area contributed by atoms with E-state index in [4.69, 9.17) is 4.74 Å². The van der Waals surface area contributed by atoms with E-state index in [1.54, 1.807) is 0 Å². The second kappa shape index (κ2) is 5.89. The molecule has 0 fully saturated rings. The van der Waals surface area contributed by atoms with E-state index in [9.17, 15) is 5.11 Å². The summed E-state index contributed by atoms with van der Waals surface area (Å²) in [7, 11) is 0. The topological polar surface area (TPSA) is 29.5 Å². The van der Waals surface area contributed by atoms with E-state index >= 15 is 0 Å². The Morgan fingerprint density at radius 2 is 1.53 bits per heavy atom. The van der Waals surface area contributed by atoms with Gasteiger partial charge >= 0.3 is 0 Å². The number of benzene rings is 2. The zero-order valence-electron chi connectivity index (χ0n) is 11.5. The van der Waals surface area contributed by atoms with Crippen LogP contribution in [0.3, 0.4) is 0 Å². The van der Waals surface area contributed by atoms with Gasteiger partial charge in [-0.2, -0.15) is 0 Å². The van der Waals surface area contributed by atoms with Crippen LogP contribution in [0.4, 0.5) is 0 Å². The van der Waals surface area contributed by atoms with Crippen LogP contribution in [0.15, 0.2) is 54.6 Å². The summed E-state index contributed by atoms with van der Waals surface area (Å²) in [5, 5.41) is 10.7. The molecule has 2 aromatic carbocycles. The van der Waals surface area contributed by atoms with Crippen molar-refractivity contribution in [3.05, 3.63) is 65.7 Å². The predicted molar refractivity (Wildman–Crippen MR) is 77.3 cm³/mol. The molecule has 100 valence electrons. The average Bonchev–Trinajstić information content (AvgIpc) is 2.46. The van der Waals surface area contributed by atoms with Crippen LogP contribution in [0.2, 0.25) is 0 Å². The number of ether oxygens (including phenoxy) is 1. The molecule has 0 saturated carbocycles. The minimum atomic E-state index is -0.982. The van der Waals surface area contributed by atoms with E-state index in [1.807, 2.05) is 61.5 Å². The van der Waals surface area contributed by atoms with Crippen molar-refractivity contribution in [2.75, 3.05) is 6.61 Å². The van der Waals surface area contributed by atoms with Gasteiger partial charge in [0.2, 0.25) is 0 Å². The van der Waals surface area contributed by atoms with Crippen LogP contribution in [-0.2, 0) is 5.60 Å². The molecule has 2 aromatic rings. The highest BCUT2D eigenvalue weighted by Gasteiger charge is 2.25. The minimum absolute atomic E-state index is 0.717. The Hall–Kier alpha value is -1.80. The molecule has 1 unspecified atom stereocenters. The molecule has 2 heteroatoms. The Labute approximate surface area is 114 Å². The maximum atomic E-state index is 10.7. The minimum Gasteiger partial charge on any atom is -0.494 e. The smallest absolute Gasteiger partial charge is 0.119 e. The molecule has 0 aliphatic heterocycles.